The normalized spacial score (nSPS) is 11.9. The molecule has 0 aliphatic rings. The van der Waals surface area contributed by atoms with Crippen LogP contribution in [0.2, 0.25) is 0 Å². The van der Waals surface area contributed by atoms with Crippen molar-refractivity contribution >= 4 is 46.4 Å². The van der Waals surface area contributed by atoms with Gasteiger partial charge in [-0.25, -0.2) is 0 Å². The summed E-state index contributed by atoms with van der Waals surface area (Å²) in [4.78, 5) is -0.890. The summed E-state index contributed by atoms with van der Waals surface area (Å²) in [6.45, 7) is 0. The molecule has 0 amide bonds. The number of alkyl halides is 4. The fraction of sp³-hybridized carbons (Fsp3) is 0.333. The molecule has 5 heteroatoms. The highest BCUT2D eigenvalue weighted by Crippen LogP contribution is 2.42. The van der Waals surface area contributed by atoms with Gasteiger partial charge in [-0.3, -0.25) is 0 Å². The van der Waals surface area contributed by atoms with Gasteiger partial charge < -0.3 is 4.74 Å². The third kappa shape index (κ3) is 2.60. The van der Waals surface area contributed by atoms with Crippen molar-refractivity contribution in [3.63, 3.8) is 0 Å². The quantitative estimate of drug-likeness (QED) is 0.753. The van der Waals surface area contributed by atoms with Crippen molar-refractivity contribution in [2.75, 3.05) is 7.11 Å². The van der Waals surface area contributed by atoms with Crippen molar-refractivity contribution in [1.82, 2.24) is 0 Å². The standard InChI is InChI=1S/C9H8Cl4O/c1-14-7-4-2-6(3-5-7)9(12,13)8(10)11/h2-5,8H,1H3. The van der Waals surface area contributed by atoms with Gasteiger partial charge in [0.1, 0.15) is 10.6 Å². The molecule has 0 N–H and O–H groups in total. The lowest BCUT2D eigenvalue weighted by molar-refractivity contribution is 0.414. The molecule has 0 unspecified atom stereocenters. The molecule has 1 nitrogen and oxygen atoms in total. The molecule has 0 fully saturated rings. The Morgan fingerprint density at radius 3 is 2.00 bits per heavy atom. The van der Waals surface area contributed by atoms with Crippen LogP contribution in [-0.2, 0) is 4.33 Å². The van der Waals surface area contributed by atoms with E-state index in [1.54, 1.807) is 31.4 Å². The second-order valence-electron chi connectivity index (χ2n) is 2.65. The minimum absolute atomic E-state index is 0.636. The van der Waals surface area contributed by atoms with Crippen LogP contribution in [0.25, 0.3) is 0 Å². The van der Waals surface area contributed by atoms with E-state index in [-0.39, 0.29) is 0 Å². The maximum atomic E-state index is 5.95. The average Bonchev–Trinajstić information content (AvgIpc) is 2.17. The Kier molecular flexibility index (Phi) is 4.20. The SMILES string of the molecule is COc1ccc(C(Cl)(Cl)C(Cl)Cl)cc1. The van der Waals surface area contributed by atoms with Crippen molar-refractivity contribution in [2.45, 2.75) is 9.17 Å². The van der Waals surface area contributed by atoms with Crippen LogP contribution in [0.3, 0.4) is 0 Å². The fourth-order valence-electron chi connectivity index (χ4n) is 0.939. The van der Waals surface area contributed by atoms with Crippen LogP contribution >= 0.6 is 46.4 Å². The molecule has 0 aliphatic carbocycles. The molecule has 0 aliphatic heterocycles. The molecule has 1 aromatic carbocycles. The van der Waals surface area contributed by atoms with Crippen molar-refractivity contribution in [2.24, 2.45) is 0 Å². The zero-order valence-corrected chi connectivity index (χ0v) is 10.3. The molecular weight excluding hydrogens is 266 g/mol. The highest BCUT2D eigenvalue weighted by molar-refractivity contribution is 6.59. The number of halogens is 4. The van der Waals surface area contributed by atoms with E-state index in [2.05, 4.69) is 0 Å². The topological polar surface area (TPSA) is 9.23 Å². The van der Waals surface area contributed by atoms with Gasteiger partial charge in [0, 0.05) is 0 Å². The van der Waals surface area contributed by atoms with Gasteiger partial charge in [0.25, 0.3) is 0 Å². The number of hydrogen-bond acceptors (Lipinski definition) is 1. The predicted molar refractivity (Wildman–Crippen MR) is 61.9 cm³/mol. The first-order valence-corrected chi connectivity index (χ1v) is 5.42. The molecule has 0 aromatic heterocycles. The highest BCUT2D eigenvalue weighted by Gasteiger charge is 2.34. The lowest BCUT2D eigenvalue weighted by Crippen LogP contribution is -2.18. The summed E-state index contributed by atoms with van der Waals surface area (Å²) in [5.41, 5.74) is 0.636. The largest absolute Gasteiger partial charge is 0.497 e. The van der Waals surface area contributed by atoms with Crippen LogP contribution in [-0.4, -0.2) is 11.9 Å². The second kappa shape index (κ2) is 4.80. The van der Waals surface area contributed by atoms with E-state index >= 15 is 0 Å². The van der Waals surface area contributed by atoms with Gasteiger partial charge in [-0.2, -0.15) is 0 Å². The number of hydrogen-bond donors (Lipinski definition) is 0. The molecule has 0 spiro atoms. The van der Waals surface area contributed by atoms with Crippen LogP contribution in [0, 0.1) is 0 Å². The zero-order valence-electron chi connectivity index (χ0n) is 7.31. The van der Waals surface area contributed by atoms with Crippen molar-refractivity contribution in [3.05, 3.63) is 29.8 Å². The van der Waals surface area contributed by atoms with Gasteiger partial charge in [-0.05, 0) is 17.7 Å². The minimum atomic E-state index is -1.30. The summed E-state index contributed by atoms with van der Waals surface area (Å²) < 4.78 is 3.69. The average molecular weight is 274 g/mol. The van der Waals surface area contributed by atoms with E-state index in [1.165, 1.54) is 0 Å². The van der Waals surface area contributed by atoms with Gasteiger partial charge in [0.05, 0.1) is 7.11 Å². The Hall–Kier alpha value is 0.180. The van der Waals surface area contributed by atoms with E-state index in [1.807, 2.05) is 0 Å². The zero-order chi connectivity index (χ0) is 10.8. The van der Waals surface area contributed by atoms with Crippen molar-refractivity contribution in [3.8, 4) is 5.75 Å². The summed E-state index contributed by atoms with van der Waals surface area (Å²) in [5.74, 6) is 0.721. The Morgan fingerprint density at radius 2 is 1.64 bits per heavy atom. The van der Waals surface area contributed by atoms with E-state index in [4.69, 9.17) is 51.1 Å². The van der Waals surface area contributed by atoms with Gasteiger partial charge >= 0.3 is 0 Å². The van der Waals surface area contributed by atoms with E-state index in [0.717, 1.165) is 5.75 Å². The first kappa shape index (κ1) is 12.3. The summed E-state index contributed by atoms with van der Waals surface area (Å²) in [5, 5.41) is 0. The molecule has 0 saturated heterocycles. The Bertz CT molecular complexity index is 294. The number of benzene rings is 1. The molecule has 14 heavy (non-hydrogen) atoms. The third-order valence-electron chi connectivity index (χ3n) is 1.75. The first-order chi connectivity index (χ1) is 6.48. The summed E-state index contributed by atoms with van der Waals surface area (Å²) in [7, 11) is 1.58. The number of methoxy groups -OCH3 is 1. The molecular formula is C9H8Cl4O. The summed E-state index contributed by atoms with van der Waals surface area (Å²) in [6.07, 6.45) is 0. The molecule has 0 bridgehead atoms. The minimum Gasteiger partial charge on any atom is -0.497 e. The third-order valence-corrected chi connectivity index (χ3v) is 3.72. The van der Waals surface area contributed by atoms with Gasteiger partial charge in [-0.1, -0.05) is 35.3 Å². The van der Waals surface area contributed by atoms with Gasteiger partial charge in [0.2, 0.25) is 0 Å². The molecule has 1 rings (SSSR count). The monoisotopic (exact) mass is 272 g/mol. The lowest BCUT2D eigenvalue weighted by atomic mass is 10.1. The summed E-state index contributed by atoms with van der Waals surface area (Å²) >= 11 is 23.2. The van der Waals surface area contributed by atoms with Crippen molar-refractivity contribution < 1.29 is 4.74 Å². The summed E-state index contributed by atoms with van der Waals surface area (Å²) in [6, 6.07) is 6.92. The Morgan fingerprint density at radius 1 is 1.14 bits per heavy atom. The van der Waals surface area contributed by atoms with Crippen LogP contribution in [0.1, 0.15) is 5.56 Å². The highest BCUT2D eigenvalue weighted by atomic mass is 35.5. The van der Waals surface area contributed by atoms with E-state index in [0.29, 0.717) is 5.56 Å². The van der Waals surface area contributed by atoms with Gasteiger partial charge in [0.15, 0.2) is 4.33 Å². The van der Waals surface area contributed by atoms with Crippen molar-refractivity contribution in [1.29, 1.82) is 0 Å². The lowest BCUT2D eigenvalue weighted by Gasteiger charge is -2.21. The molecule has 1 aromatic rings. The van der Waals surface area contributed by atoms with Gasteiger partial charge in [-0.15, -0.1) is 23.2 Å². The molecule has 0 heterocycles. The van der Waals surface area contributed by atoms with Crippen LogP contribution < -0.4 is 4.74 Å². The van der Waals surface area contributed by atoms with E-state index in [9.17, 15) is 0 Å². The van der Waals surface area contributed by atoms with E-state index < -0.39 is 9.17 Å². The molecule has 0 saturated carbocycles. The smallest absolute Gasteiger partial charge is 0.173 e. The van der Waals surface area contributed by atoms with Crippen LogP contribution in [0.5, 0.6) is 5.75 Å². The Balaban J connectivity index is 2.97. The maximum Gasteiger partial charge on any atom is 0.173 e. The number of ether oxygens (including phenoxy) is 1. The molecule has 0 atom stereocenters. The van der Waals surface area contributed by atoms with Crippen LogP contribution in [0.15, 0.2) is 24.3 Å². The molecule has 0 radical (unpaired) electrons. The van der Waals surface area contributed by atoms with Crippen LogP contribution in [0.4, 0.5) is 0 Å². The first-order valence-electron chi connectivity index (χ1n) is 3.79. The number of rotatable bonds is 3. The second-order valence-corrected chi connectivity index (χ2v) is 5.13. The molecule has 78 valence electrons. The Labute approximate surface area is 103 Å². The predicted octanol–water partition coefficient (Wildman–Crippen LogP) is 4.13. The maximum absolute atomic E-state index is 5.95. The fourth-order valence-corrected chi connectivity index (χ4v) is 1.44.